The molecular formula is C13H21N3S. The number of nitrogens with one attached hydrogen (secondary N) is 1. The minimum Gasteiger partial charge on any atom is -0.310 e. The van der Waals surface area contributed by atoms with Gasteiger partial charge in [-0.3, -0.25) is 4.90 Å². The van der Waals surface area contributed by atoms with Crippen molar-refractivity contribution >= 4 is 11.3 Å². The molecule has 0 fully saturated rings. The Morgan fingerprint density at radius 1 is 1.59 bits per heavy atom. The fraction of sp³-hybridized carbons (Fsp3) is 0.615. The zero-order valence-corrected chi connectivity index (χ0v) is 11.7. The summed E-state index contributed by atoms with van der Waals surface area (Å²) in [5, 5.41) is 6.65. The Kier molecular flexibility index (Phi) is 6.20. The zero-order valence-electron chi connectivity index (χ0n) is 10.9. The maximum absolute atomic E-state index is 5.26. The Labute approximate surface area is 108 Å². The summed E-state index contributed by atoms with van der Waals surface area (Å²) >= 11 is 1.71. The highest BCUT2D eigenvalue weighted by molar-refractivity contribution is 7.09. The van der Waals surface area contributed by atoms with Crippen LogP contribution in [0, 0.1) is 18.3 Å². The molecule has 0 saturated heterocycles. The molecule has 0 bridgehead atoms. The summed E-state index contributed by atoms with van der Waals surface area (Å²) < 4.78 is 0. The molecule has 0 aromatic carbocycles. The van der Waals surface area contributed by atoms with Crippen LogP contribution in [0.5, 0.6) is 0 Å². The van der Waals surface area contributed by atoms with Gasteiger partial charge in [0.2, 0.25) is 0 Å². The van der Waals surface area contributed by atoms with Gasteiger partial charge in [0, 0.05) is 18.5 Å². The number of terminal acetylenes is 1. The lowest BCUT2D eigenvalue weighted by Crippen LogP contribution is -2.19. The Bertz CT molecular complexity index is 365. The van der Waals surface area contributed by atoms with Crippen molar-refractivity contribution in [1.82, 2.24) is 15.2 Å². The van der Waals surface area contributed by atoms with Gasteiger partial charge >= 0.3 is 0 Å². The molecule has 0 unspecified atom stereocenters. The highest BCUT2D eigenvalue weighted by Gasteiger charge is 2.04. The normalized spacial score (nSPS) is 11.1. The standard InChI is InChI=1S/C13H21N3S/c1-5-6-16(4)9-12-10-17-13(15-12)8-14-7-11(2)3/h1,10-11,14H,6-9H2,2-4H3. The van der Waals surface area contributed by atoms with E-state index in [-0.39, 0.29) is 0 Å². The minimum atomic E-state index is 0.665. The average molecular weight is 251 g/mol. The molecule has 94 valence electrons. The van der Waals surface area contributed by atoms with Crippen LogP contribution in [0.15, 0.2) is 5.38 Å². The first-order valence-electron chi connectivity index (χ1n) is 5.87. The Morgan fingerprint density at radius 3 is 3.00 bits per heavy atom. The summed E-state index contributed by atoms with van der Waals surface area (Å²) in [6, 6.07) is 0. The van der Waals surface area contributed by atoms with E-state index in [2.05, 4.69) is 40.3 Å². The summed E-state index contributed by atoms with van der Waals surface area (Å²) in [4.78, 5) is 6.66. The smallest absolute Gasteiger partial charge is 0.107 e. The van der Waals surface area contributed by atoms with Crippen molar-refractivity contribution in [2.24, 2.45) is 5.92 Å². The number of hydrogen-bond acceptors (Lipinski definition) is 4. The second-order valence-electron chi connectivity index (χ2n) is 4.63. The van der Waals surface area contributed by atoms with Crippen molar-refractivity contribution in [3.63, 3.8) is 0 Å². The summed E-state index contributed by atoms with van der Waals surface area (Å²) in [5.41, 5.74) is 1.11. The van der Waals surface area contributed by atoms with E-state index in [9.17, 15) is 0 Å². The minimum absolute atomic E-state index is 0.665. The third kappa shape index (κ3) is 5.83. The van der Waals surface area contributed by atoms with Gasteiger partial charge in [0.05, 0.1) is 12.2 Å². The number of nitrogens with zero attached hydrogens (tertiary/aromatic N) is 2. The van der Waals surface area contributed by atoms with Crippen LogP contribution in [0.3, 0.4) is 0 Å². The van der Waals surface area contributed by atoms with Crippen LogP contribution < -0.4 is 5.32 Å². The maximum Gasteiger partial charge on any atom is 0.107 e. The van der Waals surface area contributed by atoms with Crippen LogP contribution in [0.2, 0.25) is 0 Å². The van der Waals surface area contributed by atoms with Gasteiger partial charge in [0.15, 0.2) is 0 Å². The SMILES string of the molecule is C#CCN(C)Cc1csc(CNCC(C)C)n1. The Balaban J connectivity index is 2.35. The van der Waals surface area contributed by atoms with Crippen LogP contribution in [0.25, 0.3) is 0 Å². The Hall–Kier alpha value is -0.890. The second-order valence-corrected chi connectivity index (χ2v) is 5.58. The fourth-order valence-corrected chi connectivity index (χ4v) is 2.21. The largest absolute Gasteiger partial charge is 0.310 e. The van der Waals surface area contributed by atoms with Gasteiger partial charge in [-0.05, 0) is 19.5 Å². The molecule has 0 aliphatic heterocycles. The van der Waals surface area contributed by atoms with E-state index in [0.29, 0.717) is 12.5 Å². The molecule has 17 heavy (non-hydrogen) atoms. The van der Waals surface area contributed by atoms with E-state index >= 15 is 0 Å². The number of rotatable bonds is 7. The third-order valence-electron chi connectivity index (χ3n) is 2.22. The van der Waals surface area contributed by atoms with E-state index in [1.807, 2.05) is 7.05 Å². The van der Waals surface area contributed by atoms with Gasteiger partial charge in [0.1, 0.15) is 5.01 Å². The molecule has 0 aliphatic rings. The van der Waals surface area contributed by atoms with Crippen LogP contribution in [-0.4, -0.2) is 30.0 Å². The van der Waals surface area contributed by atoms with Crippen molar-refractivity contribution in [1.29, 1.82) is 0 Å². The quantitative estimate of drug-likeness (QED) is 0.751. The lowest BCUT2D eigenvalue weighted by Gasteiger charge is -2.10. The van der Waals surface area contributed by atoms with Crippen LogP contribution >= 0.6 is 11.3 Å². The lowest BCUT2D eigenvalue weighted by molar-refractivity contribution is 0.364. The van der Waals surface area contributed by atoms with Crippen LogP contribution in [0.4, 0.5) is 0 Å². The first-order chi connectivity index (χ1) is 8.11. The number of aromatic nitrogens is 1. The van der Waals surface area contributed by atoms with Crippen molar-refractivity contribution in [3.8, 4) is 12.3 Å². The molecule has 3 nitrogen and oxygen atoms in total. The van der Waals surface area contributed by atoms with Crippen molar-refractivity contribution in [2.45, 2.75) is 26.9 Å². The highest BCUT2D eigenvalue weighted by Crippen LogP contribution is 2.11. The first-order valence-corrected chi connectivity index (χ1v) is 6.75. The lowest BCUT2D eigenvalue weighted by atomic mass is 10.2. The molecule has 1 heterocycles. The summed E-state index contributed by atoms with van der Waals surface area (Å²) in [7, 11) is 2.01. The van der Waals surface area contributed by atoms with E-state index in [1.54, 1.807) is 11.3 Å². The van der Waals surface area contributed by atoms with E-state index in [0.717, 1.165) is 30.3 Å². The molecule has 1 N–H and O–H groups in total. The third-order valence-corrected chi connectivity index (χ3v) is 3.12. The topological polar surface area (TPSA) is 28.2 Å². The van der Waals surface area contributed by atoms with Gasteiger partial charge < -0.3 is 5.32 Å². The summed E-state index contributed by atoms with van der Waals surface area (Å²) in [6.07, 6.45) is 5.26. The zero-order chi connectivity index (χ0) is 12.7. The average Bonchev–Trinajstić information content (AvgIpc) is 2.65. The maximum atomic E-state index is 5.26. The number of hydrogen-bond donors (Lipinski definition) is 1. The van der Waals surface area contributed by atoms with E-state index in [1.165, 1.54) is 0 Å². The van der Waals surface area contributed by atoms with Gasteiger partial charge in [-0.25, -0.2) is 4.98 Å². The van der Waals surface area contributed by atoms with E-state index in [4.69, 9.17) is 6.42 Å². The highest BCUT2D eigenvalue weighted by atomic mass is 32.1. The molecular weight excluding hydrogens is 230 g/mol. The van der Waals surface area contributed by atoms with Gasteiger partial charge in [-0.1, -0.05) is 19.8 Å². The van der Waals surface area contributed by atoms with Crippen molar-refractivity contribution < 1.29 is 0 Å². The van der Waals surface area contributed by atoms with Gasteiger partial charge in [0.25, 0.3) is 0 Å². The van der Waals surface area contributed by atoms with Gasteiger partial charge in [-0.15, -0.1) is 17.8 Å². The summed E-state index contributed by atoms with van der Waals surface area (Å²) in [6.45, 7) is 7.79. The second kappa shape index (κ2) is 7.44. The molecule has 0 amide bonds. The predicted octanol–water partition coefficient (Wildman–Crippen LogP) is 1.95. The van der Waals surface area contributed by atoms with Gasteiger partial charge in [-0.2, -0.15) is 0 Å². The predicted molar refractivity (Wildman–Crippen MR) is 73.8 cm³/mol. The molecule has 0 radical (unpaired) electrons. The Morgan fingerprint density at radius 2 is 2.35 bits per heavy atom. The molecule has 1 aromatic rings. The van der Waals surface area contributed by atoms with Crippen LogP contribution in [0.1, 0.15) is 24.5 Å². The molecule has 0 atom stereocenters. The monoisotopic (exact) mass is 251 g/mol. The fourth-order valence-electron chi connectivity index (χ4n) is 1.46. The number of thiazole rings is 1. The molecule has 0 saturated carbocycles. The van der Waals surface area contributed by atoms with Crippen molar-refractivity contribution in [3.05, 3.63) is 16.1 Å². The summed E-state index contributed by atoms with van der Waals surface area (Å²) in [5.74, 6) is 3.31. The molecule has 4 heteroatoms. The molecule has 0 spiro atoms. The molecule has 1 aromatic heterocycles. The van der Waals surface area contributed by atoms with Crippen LogP contribution in [-0.2, 0) is 13.1 Å². The first kappa shape index (κ1) is 14.2. The van der Waals surface area contributed by atoms with Crippen molar-refractivity contribution in [2.75, 3.05) is 20.1 Å². The molecule has 0 aliphatic carbocycles. The van der Waals surface area contributed by atoms with E-state index < -0.39 is 0 Å². The molecule has 1 rings (SSSR count).